The summed E-state index contributed by atoms with van der Waals surface area (Å²) in [5, 5.41) is 10.2. The molecule has 7 heteroatoms. The van der Waals surface area contributed by atoms with E-state index in [4.69, 9.17) is 4.74 Å². The highest BCUT2D eigenvalue weighted by atomic mass is 32.2. The molecule has 0 bridgehead atoms. The summed E-state index contributed by atoms with van der Waals surface area (Å²) in [4.78, 5) is 15.2. The van der Waals surface area contributed by atoms with Crippen LogP contribution in [0.2, 0.25) is 0 Å². The van der Waals surface area contributed by atoms with Gasteiger partial charge in [-0.2, -0.15) is 0 Å². The normalized spacial score (nSPS) is 12.2. The molecule has 28 heavy (non-hydrogen) atoms. The molecule has 6 nitrogen and oxygen atoms in total. The smallest absolute Gasteiger partial charge is 0.318 e. The van der Waals surface area contributed by atoms with E-state index in [2.05, 4.69) is 27.3 Å². The number of aryl methyl sites for hydroxylation is 1. The zero-order valence-electron chi connectivity index (χ0n) is 15.8. The number of rotatable bonds is 5. The largest absolute Gasteiger partial charge is 0.468 e. The van der Waals surface area contributed by atoms with Gasteiger partial charge in [-0.3, -0.25) is 9.36 Å². The van der Waals surface area contributed by atoms with Crippen molar-refractivity contribution in [2.45, 2.75) is 24.3 Å². The Labute approximate surface area is 166 Å². The van der Waals surface area contributed by atoms with Crippen molar-refractivity contribution in [3.8, 4) is 17.1 Å². The highest BCUT2D eigenvalue weighted by molar-refractivity contribution is 8.00. The Hall–Kier alpha value is -3.06. The molecule has 0 aliphatic rings. The number of fused-ring (bicyclic) bond motifs is 1. The van der Waals surface area contributed by atoms with Crippen LogP contribution in [0.15, 0.2) is 59.9 Å². The van der Waals surface area contributed by atoms with Gasteiger partial charge in [-0.05, 0) is 37.6 Å². The zero-order chi connectivity index (χ0) is 19.7. The Morgan fingerprint density at radius 1 is 1.18 bits per heavy atom. The second kappa shape index (κ2) is 7.52. The number of ether oxygens (including phenoxy) is 1. The monoisotopic (exact) mass is 392 g/mol. The molecule has 4 rings (SSSR count). The number of nitrogens with one attached hydrogen (secondary N) is 1. The lowest BCUT2D eigenvalue weighted by molar-refractivity contribution is -0.139. The fourth-order valence-corrected chi connectivity index (χ4v) is 4.04. The number of nitrogens with zero attached hydrogens (tertiary/aromatic N) is 3. The van der Waals surface area contributed by atoms with E-state index < -0.39 is 5.25 Å². The minimum atomic E-state index is -0.395. The third-order valence-corrected chi connectivity index (χ3v) is 5.56. The predicted octanol–water partition coefficient (Wildman–Crippen LogP) is 4.38. The third-order valence-electron chi connectivity index (χ3n) is 4.54. The number of para-hydroxylation sites is 1. The molecular formula is C21H20N4O2S. The van der Waals surface area contributed by atoms with Crippen LogP contribution in [-0.2, 0) is 9.53 Å². The van der Waals surface area contributed by atoms with Gasteiger partial charge in [0.25, 0.3) is 0 Å². The van der Waals surface area contributed by atoms with Gasteiger partial charge in [-0.1, -0.05) is 42.1 Å². The summed E-state index contributed by atoms with van der Waals surface area (Å²) in [7, 11) is 1.39. The quantitative estimate of drug-likeness (QED) is 0.403. The summed E-state index contributed by atoms with van der Waals surface area (Å²) >= 11 is 1.33. The van der Waals surface area contributed by atoms with E-state index in [-0.39, 0.29) is 5.97 Å². The van der Waals surface area contributed by atoms with Crippen molar-refractivity contribution in [3.63, 3.8) is 0 Å². The van der Waals surface area contributed by atoms with Gasteiger partial charge in [-0.15, -0.1) is 10.2 Å². The van der Waals surface area contributed by atoms with E-state index in [1.807, 2.05) is 54.1 Å². The molecule has 0 fully saturated rings. The number of aromatic amines is 1. The number of H-pyrrole nitrogens is 1. The molecule has 0 saturated carbocycles. The lowest BCUT2D eigenvalue weighted by atomic mass is 10.1. The number of esters is 1. The van der Waals surface area contributed by atoms with E-state index in [1.54, 1.807) is 6.92 Å². The molecule has 0 aliphatic heterocycles. The maximum Gasteiger partial charge on any atom is 0.318 e. The lowest BCUT2D eigenvalue weighted by Crippen LogP contribution is -2.15. The SMILES string of the molecule is COC(=O)[C@H](C)Sc1nnc(-c2c[nH]c3ccccc23)n1-c1cccc(C)c1. The van der Waals surface area contributed by atoms with Crippen LogP contribution in [0.1, 0.15) is 12.5 Å². The van der Waals surface area contributed by atoms with Crippen LogP contribution in [0.25, 0.3) is 28.0 Å². The van der Waals surface area contributed by atoms with Crippen LogP contribution in [0.3, 0.4) is 0 Å². The van der Waals surface area contributed by atoms with E-state index in [0.29, 0.717) is 5.16 Å². The summed E-state index contributed by atoms with van der Waals surface area (Å²) in [6.07, 6.45) is 1.94. The number of carbonyl (C=O) groups excluding carboxylic acids is 1. The second-order valence-electron chi connectivity index (χ2n) is 6.51. The second-order valence-corrected chi connectivity index (χ2v) is 7.82. The van der Waals surface area contributed by atoms with Crippen LogP contribution in [0, 0.1) is 6.92 Å². The Morgan fingerprint density at radius 3 is 2.79 bits per heavy atom. The first-order chi connectivity index (χ1) is 13.6. The lowest BCUT2D eigenvalue weighted by Gasteiger charge is -2.13. The standard InChI is InChI=1S/C21H20N4O2S/c1-13-7-6-8-15(11-13)25-19(17-12-22-18-10-5-4-9-16(17)18)23-24-21(25)28-14(2)20(26)27-3/h4-12,14,22H,1-3H3/t14-/m0/s1. The van der Waals surface area contributed by atoms with Crippen LogP contribution in [-0.4, -0.2) is 38.1 Å². The maximum absolute atomic E-state index is 11.9. The zero-order valence-corrected chi connectivity index (χ0v) is 16.7. The van der Waals surface area contributed by atoms with Crippen molar-refractivity contribution < 1.29 is 9.53 Å². The summed E-state index contributed by atoms with van der Waals surface area (Å²) in [6.45, 7) is 3.85. The maximum atomic E-state index is 11.9. The molecule has 0 saturated heterocycles. The average Bonchev–Trinajstić information content (AvgIpc) is 3.31. The Morgan fingerprint density at radius 2 is 2.00 bits per heavy atom. The van der Waals surface area contributed by atoms with Gasteiger partial charge >= 0.3 is 5.97 Å². The number of hydrogen-bond acceptors (Lipinski definition) is 5. The molecule has 0 radical (unpaired) electrons. The van der Waals surface area contributed by atoms with E-state index >= 15 is 0 Å². The van der Waals surface area contributed by atoms with Crippen LogP contribution < -0.4 is 0 Å². The molecule has 2 aromatic carbocycles. The topological polar surface area (TPSA) is 72.8 Å². The number of thioether (sulfide) groups is 1. The fraction of sp³-hybridized carbons (Fsp3) is 0.190. The molecule has 0 aliphatic carbocycles. The van der Waals surface area contributed by atoms with Crippen molar-refractivity contribution in [3.05, 3.63) is 60.3 Å². The molecule has 2 aromatic heterocycles. The number of carbonyl (C=O) groups is 1. The molecule has 0 amide bonds. The fourth-order valence-electron chi connectivity index (χ4n) is 3.15. The van der Waals surface area contributed by atoms with Gasteiger partial charge in [0.15, 0.2) is 11.0 Å². The van der Waals surface area contributed by atoms with Gasteiger partial charge in [-0.25, -0.2) is 0 Å². The molecule has 4 aromatic rings. The molecular weight excluding hydrogens is 372 g/mol. The van der Waals surface area contributed by atoms with Crippen LogP contribution in [0.4, 0.5) is 0 Å². The Bertz CT molecular complexity index is 1150. The van der Waals surface area contributed by atoms with Crippen molar-refractivity contribution in [1.29, 1.82) is 0 Å². The Balaban J connectivity index is 1.88. The van der Waals surface area contributed by atoms with Gasteiger partial charge < -0.3 is 9.72 Å². The highest BCUT2D eigenvalue weighted by Gasteiger charge is 2.23. The van der Waals surface area contributed by atoms with E-state index in [1.165, 1.54) is 18.9 Å². The summed E-state index contributed by atoms with van der Waals surface area (Å²) in [6, 6.07) is 16.2. The molecule has 0 unspecified atom stereocenters. The van der Waals surface area contributed by atoms with E-state index in [0.717, 1.165) is 33.5 Å². The minimum absolute atomic E-state index is 0.294. The number of aromatic nitrogens is 4. The van der Waals surface area contributed by atoms with Crippen molar-refractivity contribution in [1.82, 2.24) is 19.7 Å². The molecule has 0 spiro atoms. The first-order valence-corrected chi connectivity index (χ1v) is 9.80. The van der Waals surface area contributed by atoms with Gasteiger partial charge in [0.05, 0.1) is 7.11 Å². The van der Waals surface area contributed by atoms with Crippen LogP contribution >= 0.6 is 11.8 Å². The highest BCUT2D eigenvalue weighted by Crippen LogP contribution is 2.33. The van der Waals surface area contributed by atoms with Gasteiger partial charge in [0, 0.05) is 28.4 Å². The van der Waals surface area contributed by atoms with E-state index in [9.17, 15) is 4.79 Å². The average molecular weight is 392 g/mol. The minimum Gasteiger partial charge on any atom is -0.468 e. The molecule has 142 valence electrons. The first-order valence-electron chi connectivity index (χ1n) is 8.92. The summed E-state index contributed by atoms with van der Waals surface area (Å²) in [5.41, 5.74) is 4.08. The summed E-state index contributed by atoms with van der Waals surface area (Å²) in [5.74, 6) is 0.431. The number of benzene rings is 2. The number of methoxy groups -OCH3 is 1. The predicted molar refractivity (Wildman–Crippen MR) is 111 cm³/mol. The van der Waals surface area contributed by atoms with Gasteiger partial charge in [0.2, 0.25) is 0 Å². The van der Waals surface area contributed by atoms with Crippen molar-refractivity contribution in [2.24, 2.45) is 0 Å². The van der Waals surface area contributed by atoms with Crippen molar-refractivity contribution in [2.75, 3.05) is 7.11 Å². The third kappa shape index (κ3) is 3.29. The molecule has 2 heterocycles. The molecule has 1 N–H and O–H groups in total. The number of hydrogen-bond donors (Lipinski definition) is 1. The molecule has 1 atom stereocenters. The first kappa shape index (κ1) is 18.3. The summed E-state index contributed by atoms with van der Waals surface area (Å²) < 4.78 is 6.86. The van der Waals surface area contributed by atoms with Crippen molar-refractivity contribution >= 4 is 28.6 Å². The van der Waals surface area contributed by atoms with Gasteiger partial charge in [0.1, 0.15) is 5.25 Å². The Kier molecular flexibility index (Phi) is 4.92. The van der Waals surface area contributed by atoms with Crippen LogP contribution in [0.5, 0.6) is 0 Å².